The number of rotatable bonds is 5. The van der Waals surface area contributed by atoms with Gasteiger partial charge in [0.25, 0.3) is 0 Å². The van der Waals surface area contributed by atoms with Crippen LogP contribution in [0.4, 0.5) is 13.2 Å². The van der Waals surface area contributed by atoms with Gasteiger partial charge in [-0.25, -0.2) is 0 Å². The van der Waals surface area contributed by atoms with E-state index in [-0.39, 0.29) is 5.92 Å². The van der Waals surface area contributed by atoms with E-state index in [4.69, 9.17) is 5.11 Å². The van der Waals surface area contributed by atoms with Crippen molar-refractivity contribution >= 4 is 11.9 Å². The molecule has 0 aliphatic carbocycles. The van der Waals surface area contributed by atoms with Crippen molar-refractivity contribution in [3.8, 4) is 0 Å². The van der Waals surface area contributed by atoms with Gasteiger partial charge in [-0.3, -0.25) is 9.59 Å². The van der Waals surface area contributed by atoms with Gasteiger partial charge in [0.05, 0.1) is 0 Å². The molecule has 0 saturated carbocycles. The lowest BCUT2D eigenvalue weighted by Crippen LogP contribution is -2.52. The minimum Gasteiger partial charge on any atom is -0.480 e. The van der Waals surface area contributed by atoms with Gasteiger partial charge >= 0.3 is 12.1 Å². The number of carboxylic acid groups (broad SMARTS) is 1. The molecule has 1 heterocycles. The molecule has 1 aliphatic rings. The van der Waals surface area contributed by atoms with Crippen molar-refractivity contribution in [1.29, 1.82) is 0 Å². The molecule has 1 atom stereocenters. The van der Waals surface area contributed by atoms with Gasteiger partial charge in [0.1, 0.15) is 13.1 Å². The van der Waals surface area contributed by atoms with E-state index in [1.165, 1.54) is 0 Å². The molecule has 0 aromatic rings. The summed E-state index contributed by atoms with van der Waals surface area (Å²) in [5.41, 5.74) is -1.03. The zero-order valence-corrected chi connectivity index (χ0v) is 12.2. The second-order valence-electron chi connectivity index (χ2n) is 5.94. The summed E-state index contributed by atoms with van der Waals surface area (Å²) < 4.78 is 37.6. The first-order chi connectivity index (χ1) is 9.54. The zero-order chi connectivity index (χ0) is 16.3. The lowest BCUT2D eigenvalue weighted by atomic mass is 9.74. The maximum absolute atomic E-state index is 12.5. The number of nitrogens with one attached hydrogen (secondary N) is 1. The number of alkyl halides is 3. The van der Waals surface area contributed by atoms with Gasteiger partial charge in [-0.05, 0) is 31.8 Å². The SMILES string of the molecule is CC(C)(C(=O)N(CC(=O)O)CC(F)(F)F)C1CCCNC1. The van der Waals surface area contributed by atoms with Gasteiger partial charge in [-0.15, -0.1) is 0 Å². The molecule has 0 spiro atoms. The van der Waals surface area contributed by atoms with Crippen LogP contribution in [-0.2, 0) is 9.59 Å². The second kappa shape index (κ2) is 6.64. The molecule has 0 bridgehead atoms. The number of carbonyl (C=O) groups is 2. The Morgan fingerprint density at radius 1 is 1.33 bits per heavy atom. The van der Waals surface area contributed by atoms with Gasteiger partial charge < -0.3 is 15.3 Å². The van der Waals surface area contributed by atoms with E-state index < -0.39 is 36.6 Å². The van der Waals surface area contributed by atoms with E-state index in [1.54, 1.807) is 13.8 Å². The molecular formula is C13H21F3N2O3. The summed E-state index contributed by atoms with van der Waals surface area (Å²) in [6.45, 7) is 2.05. The first kappa shape index (κ1) is 17.7. The average molecular weight is 310 g/mol. The van der Waals surface area contributed by atoms with Crippen molar-refractivity contribution in [2.75, 3.05) is 26.2 Å². The van der Waals surface area contributed by atoms with E-state index in [0.29, 0.717) is 11.4 Å². The minimum atomic E-state index is -4.62. The molecule has 1 saturated heterocycles. The molecule has 0 aromatic heterocycles. The highest BCUT2D eigenvalue weighted by Gasteiger charge is 2.43. The van der Waals surface area contributed by atoms with Gasteiger partial charge in [0.15, 0.2) is 0 Å². The molecule has 1 fully saturated rings. The predicted molar refractivity (Wildman–Crippen MR) is 69.6 cm³/mol. The van der Waals surface area contributed by atoms with Crippen molar-refractivity contribution in [3.63, 3.8) is 0 Å². The van der Waals surface area contributed by atoms with Crippen molar-refractivity contribution in [3.05, 3.63) is 0 Å². The molecule has 21 heavy (non-hydrogen) atoms. The Hall–Kier alpha value is -1.31. The Bertz CT molecular complexity index is 391. The molecule has 1 aliphatic heterocycles. The van der Waals surface area contributed by atoms with E-state index in [0.717, 1.165) is 19.4 Å². The van der Waals surface area contributed by atoms with Crippen molar-refractivity contribution < 1.29 is 27.9 Å². The normalized spacial score (nSPS) is 20.1. The summed E-state index contributed by atoms with van der Waals surface area (Å²) in [5, 5.41) is 11.8. The Labute approximate surface area is 121 Å². The van der Waals surface area contributed by atoms with Crippen LogP contribution in [-0.4, -0.2) is 54.2 Å². The molecule has 1 unspecified atom stereocenters. The van der Waals surface area contributed by atoms with Crippen LogP contribution in [0.1, 0.15) is 26.7 Å². The fourth-order valence-corrected chi connectivity index (χ4v) is 2.63. The molecule has 0 radical (unpaired) electrons. The maximum Gasteiger partial charge on any atom is 0.406 e. The average Bonchev–Trinajstić information content (AvgIpc) is 2.36. The van der Waals surface area contributed by atoms with Gasteiger partial charge in [0, 0.05) is 5.41 Å². The standard InChI is InChI=1S/C13H21F3N2O3/c1-12(2,9-4-3-5-17-6-9)11(21)18(7-10(19)20)8-13(14,15)16/h9,17H,3-8H2,1-2H3,(H,19,20). The third-order valence-corrected chi connectivity index (χ3v) is 3.85. The summed E-state index contributed by atoms with van der Waals surface area (Å²) in [6, 6.07) is 0. The summed E-state index contributed by atoms with van der Waals surface area (Å²) in [6.07, 6.45) is -3.04. The van der Waals surface area contributed by atoms with Crippen LogP contribution in [0.5, 0.6) is 0 Å². The van der Waals surface area contributed by atoms with Crippen LogP contribution in [0.25, 0.3) is 0 Å². The molecule has 1 rings (SSSR count). The van der Waals surface area contributed by atoms with Gasteiger partial charge in [-0.2, -0.15) is 13.2 Å². The molecule has 0 aromatic carbocycles. The Kier molecular flexibility index (Phi) is 5.61. The van der Waals surface area contributed by atoms with E-state index in [2.05, 4.69) is 5.32 Å². The number of carbonyl (C=O) groups excluding carboxylic acids is 1. The Morgan fingerprint density at radius 3 is 2.38 bits per heavy atom. The highest BCUT2D eigenvalue weighted by molar-refractivity contribution is 5.85. The number of carboxylic acids is 1. The molecule has 1 amide bonds. The highest BCUT2D eigenvalue weighted by Crippen LogP contribution is 2.34. The number of aliphatic carboxylic acids is 1. The third-order valence-electron chi connectivity index (χ3n) is 3.85. The smallest absolute Gasteiger partial charge is 0.406 e. The number of hydrogen-bond donors (Lipinski definition) is 2. The summed E-state index contributed by atoms with van der Waals surface area (Å²) in [7, 11) is 0. The molecule has 2 N–H and O–H groups in total. The van der Waals surface area contributed by atoms with Crippen LogP contribution < -0.4 is 5.32 Å². The summed E-state index contributed by atoms with van der Waals surface area (Å²) in [4.78, 5) is 23.5. The lowest BCUT2D eigenvalue weighted by Gasteiger charge is -2.39. The first-order valence-corrected chi connectivity index (χ1v) is 6.82. The minimum absolute atomic E-state index is 0.108. The zero-order valence-electron chi connectivity index (χ0n) is 12.2. The summed E-state index contributed by atoms with van der Waals surface area (Å²) in [5.74, 6) is -2.33. The van der Waals surface area contributed by atoms with E-state index in [9.17, 15) is 22.8 Å². The number of nitrogens with zero attached hydrogens (tertiary/aromatic N) is 1. The summed E-state index contributed by atoms with van der Waals surface area (Å²) >= 11 is 0. The topological polar surface area (TPSA) is 69.6 Å². The largest absolute Gasteiger partial charge is 0.480 e. The van der Waals surface area contributed by atoms with Gasteiger partial charge in [0.2, 0.25) is 5.91 Å². The number of hydrogen-bond acceptors (Lipinski definition) is 3. The van der Waals surface area contributed by atoms with Crippen LogP contribution in [0.3, 0.4) is 0 Å². The fourth-order valence-electron chi connectivity index (χ4n) is 2.63. The quantitative estimate of drug-likeness (QED) is 0.807. The van der Waals surface area contributed by atoms with Crippen LogP contribution >= 0.6 is 0 Å². The number of halogens is 3. The molecule has 8 heteroatoms. The second-order valence-corrected chi connectivity index (χ2v) is 5.94. The van der Waals surface area contributed by atoms with Crippen molar-refractivity contribution in [2.45, 2.75) is 32.9 Å². The molecular weight excluding hydrogens is 289 g/mol. The lowest BCUT2D eigenvalue weighted by molar-refractivity contribution is -0.172. The predicted octanol–water partition coefficient (Wildman–Crippen LogP) is 1.49. The maximum atomic E-state index is 12.5. The van der Waals surface area contributed by atoms with E-state index >= 15 is 0 Å². The number of amides is 1. The molecule has 5 nitrogen and oxygen atoms in total. The van der Waals surface area contributed by atoms with Crippen molar-refractivity contribution in [1.82, 2.24) is 10.2 Å². The van der Waals surface area contributed by atoms with Crippen LogP contribution in [0.2, 0.25) is 0 Å². The monoisotopic (exact) mass is 310 g/mol. The van der Waals surface area contributed by atoms with Crippen molar-refractivity contribution in [2.24, 2.45) is 11.3 Å². The highest BCUT2D eigenvalue weighted by atomic mass is 19.4. The fraction of sp³-hybridized carbons (Fsp3) is 0.846. The van der Waals surface area contributed by atoms with Crippen LogP contribution in [0, 0.1) is 11.3 Å². The Balaban J connectivity index is 2.88. The van der Waals surface area contributed by atoms with E-state index in [1.807, 2.05) is 0 Å². The molecule has 122 valence electrons. The number of piperidine rings is 1. The third kappa shape index (κ3) is 5.18. The first-order valence-electron chi connectivity index (χ1n) is 6.82. The van der Waals surface area contributed by atoms with Gasteiger partial charge in [-0.1, -0.05) is 13.8 Å². The Morgan fingerprint density at radius 2 is 1.95 bits per heavy atom. The van der Waals surface area contributed by atoms with Crippen LogP contribution in [0.15, 0.2) is 0 Å².